The summed E-state index contributed by atoms with van der Waals surface area (Å²) in [7, 11) is 0. The lowest BCUT2D eigenvalue weighted by Crippen LogP contribution is -2.32. The normalized spacial score (nSPS) is 21.5. The van der Waals surface area contributed by atoms with E-state index in [2.05, 4.69) is 40.3 Å². The summed E-state index contributed by atoms with van der Waals surface area (Å²) in [6, 6.07) is 6.00. The van der Waals surface area contributed by atoms with Crippen molar-refractivity contribution in [2.45, 2.75) is 38.3 Å². The third-order valence-corrected chi connectivity index (χ3v) is 3.81. The molecule has 0 aromatic heterocycles. The van der Waals surface area contributed by atoms with E-state index in [0.717, 1.165) is 18.4 Å². The summed E-state index contributed by atoms with van der Waals surface area (Å²) in [5, 5.41) is 3.59. The van der Waals surface area contributed by atoms with Gasteiger partial charge in [0.1, 0.15) is 5.82 Å². The zero-order valence-corrected chi connectivity index (χ0v) is 11.5. The largest absolute Gasteiger partial charge is 0.307 e. The fourth-order valence-electron chi connectivity index (χ4n) is 2.18. The number of halogens is 2. The molecule has 0 amide bonds. The topological polar surface area (TPSA) is 12.0 Å². The first-order chi connectivity index (χ1) is 8.16. The third kappa shape index (κ3) is 3.39. The minimum Gasteiger partial charge on any atom is -0.307 e. The minimum absolute atomic E-state index is 0.207. The van der Waals surface area contributed by atoms with Crippen LogP contribution in [0.2, 0.25) is 0 Å². The molecule has 1 aromatic carbocycles. The maximum atomic E-state index is 13.1. The lowest BCUT2D eigenvalue weighted by Gasteiger charge is -2.24. The Morgan fingerprint density at radius 1 is 1.41 bits per heavy atom. The number of hydrogen-bond acceptors (Lipinski definition) is 1. The van der Waals surface area contributed by atoms with E-state index in [4.69, 9.17) is 0 Å². The summed E-state index contributed by atoms with van der Waals surface area (Å²) in [5.41, 5.74) is 1.12. The van der Waals surface area contributed by atoms with Gasteiger partial charge in [-0.15, -0.1) is 0 Å². The van der Waals surface area contributed by atoms with Crippen molar-refractivity contribution in [2.24, 2.45) is 0 Å². The highest BCUT2D eigenvalue weighted by molar-refractivity contribution is 9.10. The second kappa shape index (κ2) is 5.78. The monoisotopic (exact) mass is 297 g/mol. The molecule has 0 fully saturated rings. The molecule has 0 radical (unpaired) electrons. The molecule has 2 atom stereocenters. The fourth-order valence-corrected chi connectivity index (χ4v) is 2.57. The molecular formula is C14H17BrFN. The first kappa shape index (κ1) is 12.8. The van der Waals surface area contributed by atoms with Crippen molar-refractivity contribution in [3.05, 3.63) is 46.2 Å². The minimum atomic E-state index is -0.207. The SMILES string of the molecule is CC(NC1CC=CCC1)c1ccc(F)c(Br)c1. The molecule has 1 N–H and O–H groups in total. The molecule has 0 heterocycles. The van der Waals surface area contributed by atoms with Crippen LogP contribution in [0, 0.1) is 5.82 Å². The van der Waals surface area contributed by atoms with Gasteiger partial charge in [0.25, 0.3) is 0 Å². The fraction of sp³-hybridized carbons (Fsp3) is 0.429. The highest BCUT2D eigenvalue weighted by atomic mass is 79.9. The van der Waals surface area contributed by atoms with Crippen LogP contribution in [0.25, 0.3) is 0 Å². The molecule has 0 saturated carbocycles. The molecule has 0 bridgehead atoms. The third-order valence-electron chi connectivity index (χ3n) is 3.20. The maximum absolute atomic E-state index is 13.1. The van der Waals surface area contributed by atoms with E-state index in [1.165, 1.54) is 12.5 Å². The van der Waals surface area contributed by atoms with E-state index in [9.17, 15) is 4.39 Å². The van der Waals surface area contributed by atoms with Crippen molar-refractivity contribution >= 4 is 15.9 Å². The lowest BCUT2D eigenvalue weighted by molar-refractivity contribution is 0.425. The van der Waals surface area contributed by atoms with Gasteiger partial charge in [-0.1, -0.05) is 18.2 Å². The van der Waals surface area contributed by atoms with Crippen LogP contribution in [0.3, 0.4) is 0 Å². The van der Waals surface area contributed by atoms with Crippen LogP contribution in [0.1, 0.15) is 37.8 Å². The summed E-state index contributed by atoms with van der Waals surface area (Å²) in [6.07, 6.45) is 7.89. The van der Waals surface area contributed by atoms with Crippen molar-refractivity contribution < 1.29 is 4.39 Å². The maximum Gasteiger partial charge on any atom is 0.137 e. The van der Waals surface area contributed by atoms with Crippen molar-refractivity contribution in [2.75, 3.05) is 0 Å². The zero-order chi connectivity index (χ0) is 12.3. The molecule has 2 unspecified atom stereocenters. The number of allylic oxidation sites excluding steroid dienone is 1. The van der Waals surface area contributed by atoms with Gasteiger partial charge in [-0.25, -0.2) is 4.39 Å². The predicted octanol–water partition coefficient (Wildman–Crippen LogP) is 4.35. The van der Waals surface area contributed by atoms with Crippen molar-refractivity contribution in [1.82, 2.24) is 5.32 Å². The van der Waals surface area contributed by atoms with Crippen LogP contribution in [0.5, 0.6) is 0 Å². The first-order valence-corrected chi connectivity index (χ1v) is 6.82. The van der Waals surface area contributed by atoms with Gasteiger partial charge in [0, 0.05) is 12.1 Å². The standard InChI is InChI=1S/C14H17BrFN/c1-10(17-12-5-3-2-4-6-12)11-7-8-14(16)13(15)9-11/h2-3,7-10,12,17H,4-6H2,1H3. The highest BCUT2D eigenvalue weighted by Gasteiger charge is 2.14. The molecule has 1 aliphatic carbocycles. The molecule has 1 nitrogen and oxygen atoms in total. The summed E-state index contributed by atoms with van der Waals surface area (Å²) >= 11 is 3.23. The van der Waals surface area contributed by atoms with Crippen LogP contribution >= 0.6 is 15.9 Å². The summed E-state index contributed by atoms with van der Waals surface area (Å²) in [5.74, 6) is -0.207. The predicted molar refractivity (Wildman–Crippen MR) is 72.4 cm³/mol. The van der Waals surface area contributed by atoms with Gasteiger partial charge in [0.15, 0.2) is 0 Å². The number of hydrogen-bond donors (Lipinski definition) is 1. The molecule has 17 heavy (non-hydrogen) atoms. The number of benzene rings is 1. The zero-order valence-electron chi connectivity index (χ0n) is 9.92. The Bertz CT molecular complexity index is 417. The average Bonchev–Trinajstić information content (AvgIpc) is 2.34. The lowest BCUT2D eigenvalue weighted by atomic mass is 9.99. The van der Waals surface area contributed by atoms with E-state index >= 15 is 0 Å². The van der Waals surface area contributed by atoms with Crippen LogP contribution in [-0.2, 0) is 0 Å². The molecule has 0 spiro atoms. The second-order valence-corrected chi connectivity index (χ2v) is 5.40. The van der Waals surface area contributed by atoms with Crippen molar-refractivity contribution in [3.63, 3.8) is 0 Å². The summed E-state index contributed by atoms with van der Waals surface area (Å²) in [4.78, 5) is 0. The Morgan fingerprint density at radius 3 is 2.88 bits per heavy atom. The first-order valence-electron chi connectivity index (χ1n) is 6.03. The van der Waals surface area contributed by atoms with E-state index < -0.39 is 0 Å². The summed E-state index contributed by atoms with van der Waals surface area (Å²) < 4.78 is 13.7. The number of nitrogens with one attached hydrogen (secondary N) is 1. The van der Waals surface area contributed by atoms with Crippen LogP contribution in [0.4, 0.5) is 4.39 Å². The van der Waals surface area contributed by atoms with Gasteiger partial charge in [0.2, 0.25) is 0 Å². The van der Waals surface area contributed by atoms with Gasteiger partial charge in [0.05, 0.1) is 4.47 Å². The Balaban J connectivity index is 2.01. The molecular weight excluding hydrogens is 281 g/mol. The van der Waals surface area contributed by atoms with Crippen molar-refractivity contribution in [1.29, 1.82) is 0 Å². The van der Waals surface area contributed by atoms with E-state index in [1.54, 1.807) is 0 Å². The molecule has 3 heteroatoms. The molecule has 1 aliphatic rings. The second-order valence-electron chi connectivity index (χ2n) is 4.54. The van der Waals surface area contributed by atoms with E-state index in [0.29, 0.717) is 10.5 Å². The summed E-state index contributed by atoms with van der Waals surface area (Å²) in [6.45, 7) is 2.12. The molecule has 0 saturated heterocycles. The van der Waals surface area contributed by atoms with Crippen LogP contribution in [-0.4, -0.2) is 6.04 Å². The van der Waals surface area contributed by atoms with Gasteiger partial charge >= 0.3 is 0 Å². The Kier molecular flexibility index (Phi) is 4.35. The smallest absolute Gasteiger partial charge is 0.137 e. The van der Waals surface area contributed by atoms with E-state index in [1.807, 2.05) is 12.1 Å². The molecule has 0 aliphatic heterocycles. The average molecular weight is 298 g/mol. The molecule has 2 rings (SSSR count). The highest BCUT2D eigenvalue weighted by Crippen LogP contribution is 2.23. The van der Waals surface area contributed by atoms with Gasteiger partial charge in [-0.05, 0) is 59.8 Å². The van der Waals surface area contributed by atoms with Crippen LogP contribution < -0.4 is 5.32 Å². The molecule has 1 aromatic rings. The van der Waals surface area contributed by atoms with Crippen molar-refractivity contribution in [3.8, 4) is 0 Å². The Labute approximate surface area is 110 Å². The van der Waals surface area contributed by atoms with Gasteiger partial charge in [-0.2, -0.15) is 0 Å². The van der Waals surface area contributed by atoms with Gasteiger partial charge < -0.3 is 5.32 Å². The molecule has 92 valence electrons. The number of rotatable bonds is 3. The van der Waals surface area contributed by atoms with E-state index in [-0.39, 0.29) is 11.9 Å². The Morgan fingerprint density at radius 2 is 2.24 bits per heavy atom. The van der Waals surface area contributed by atoms with Gasteiger partial charge in [-0.3, -0.25) is 0 Å². The van der Waals surface area contributed by atoms with Crippen LogP contribution in [0.15, 0.2) is 34.8 Å². The quantitative estimate of drug-likeness (QED) is 0.818. The Hall–Kier alpha value is -0.670.